The molecular weight excluding hydrogens is 294 g/mol. The average Bonchev–Trinajstić information content (AvgIpc) is 2.39. The van der Waals surface area contributed by atoms with Crippen molar-refractivity contribution in [2.24, 2.45) is 5.92 Å². The zero-order valence-corrected chi connectivity index (χ0v) is 12.1. The first-order valence-electron chi connectivity index (χ1n) is 6.49. The molecule has 1 fully saturated rings. The third-order valence-electron chi connectivity index (χ3n) is 3.59. The number of aliphatic hydroxyl groups is 2. The summed E-state index contributed by atoms with van der Waals surface area (Å²) in [7, 11) is 0. The fourth-order valence-electron chi connectivity index (χ4n) is 2.61. The lowest BCUT2D eigenvalue weighted by atomic mass is 9.94. The first-order valence-corrected chi connectivity index (χ1v) is 7.29. The minimum atomic E-state index is 0.0754. The molecule has 1 aliphatic heterocycles. The third kappa shape index (κ3) is 3.25. The van der Waals surface area contributed by atoms with Crippen LogP contribution in [-0.4, -0.2) is 29.9 Å². The van der Waals surface area contributed by atoms with Crippen LogP contribution in [0, 0.1) is 5.92 Å². The van der Waals surface area contributed by atoms with Crippen LogP contribution in [0.2, 0.25) is 0 Å². The van der Waals surface area contributed by atoms with Gasteiger partial charge in [-0.05, 0) is 58.8 Å². The second kappa shape index (κ2) is 6.55. The SMILES string of the molecule is OCCC1CCCN(c2ccc(CO)cc2Br)C1. The molecule has 1 heterocycles. The van der Waals surface area contributed by atoms with Gasteiger partial charge in [-0.1, -0.05) is 6.07 Å². The zero-order valence-electron chi connectivity index (χ0n) is 10.5. The summed E-state index contributed by atoms with van der Waals surface area (Å²) in [6.07, 6.45) is 3.28. The van der Waals surface area contributed by atoms with E-state index in [1.807, 2.05) is 12.1 Å². The van der Waals surface area contributed by atoms with Crippen LogP contribution in [-0.2, 0) is 6.61 Å². The third-order valence-corrected chi connectivity index (χ3v) is 4.23. The summed E-state index contributed by atoms with van der Waals surface area (Å²) in [6, 6.07) is 6.01. The van der Waals surface area contributed by atoms with Gasteiger partial charge in [0.1, 0.15) is 0 Å². The van der Waals surface area contributed by atoms with Crippen LogP contribution in [0.3, 0.4) is 0 Å². The van der Waals surface area contributed by atoms with E-state index in [1.165, 1.54) is 18.5 Å². The van der Waals surface area contributed by atoms with E-state index in [4.69, 9.17) is 10.2 Å². The minimum absolute atomic E-state index is 0.0754. The molecule has 1 aromatic rings. The van der Waals surface area contributed by atoms with Gasteiger partial charge in [0.25, 0.3) is 0 Å². The Kier molecular flexibility index (Phi) is 5.03. The summed E-state index contributed by atoms with van der Waals surface area (Å²) in [6.45, 7) is 2.44. The summed E-state index contributed by atoms with van der Waals surface area (Å²) < 4.78 is 1.04. The Balaban J connectivity index is 2.10. The van der Waals surface area contributed by atoms with Crippen molar-refractivity contribution in [2.45, 2.75) is 25.9 Å². The first-order chi connectivity index (χ1) is 8.74. The number of aliphatic hydroxyl groups excluding tert-OH is 2. The largest absolute Gasteiger partial charge is 0.396 e. The van der Waals surface area contributed by atoms with Crippen molar-refractivity contribution in [1.82, 2.24) is 0 Å². The molecule has 4 heteroatoms. The highest BCUT2D eigenvalue weighted by atomic mass is 79.9. The Morgan fingerprint density at radius 1 is 1.33 bits per heavy atom. The Labute approximate surface area is 117 Å². The number of nitrogens with zero attached hydrogens (tertiary/aromatic N) is 1. The standard InChI is InChI=1S/C14H20BrNO2/c15-13-8-12(10-18)3-4-14(13)16-6-1-2-11(9-16)5-7-17/h3-4,8,11,17-18H,1-2,5-7,9-10H2. The van der Waals surface area contributed by atoms with Crippen LogP contribution in [0.4, 0.5) is 5.69 Å². The van der Waals surface area contributed by atoms with Gasteiger partial charge in [-0.3, -0.25) is 0 Å². The van der Waals surface area contributed by atoms with Crippen molar-refractivity contribution in [2.75, 3.05) is 24.6 Å². The van der Waals surface area contributed by atoms with Crippen LogP contribution >= 0.6 is 15.9 Å². The van der Waals surface area contributed by atoms with E-state index in [0.29, 0.717) is 5.92 Å². The molecule has 2 rings (SSSR count). The molecule has 0 bridgehead atoms. The van der Waals surface area contributed by atoms with Crippen LogP contribution < -0.4 is 4.90 Å². The normalized spacial score (nSPS) is 20.2. The quantitative estimate of drug-likeness (QED) is 0.898. The summed E-state index contributed by atoms with van der Waals surface area (Å²) in [5.41, 5.74) is 2.12. The maximum absolute atomic E-state index is 9.11. The minimum Gasteiger partial charge on any atom is -0.396 e. The molecule has 0 aromatic heterocycles. The smallest absolute Gasteiger partial charge is 0.0682 e. The highest BCUT2D eigenvalue weighted by Gasteiger charge is 2.21. The van der Waals surface area contributed by atoms with E-state index in [1.54, 1.807) is 0 Å². The first kappa shape index (κ1) is 13.8. The molecule has 0 aliphatic carbocycles. The van der Waals surface area contributed by atoms with E-state index in [-0.39, 0.29) is 13.2 Å². The van der Waals surface area contributed by atoms with E-state index >= 15 is 0 Å². The molecule has 0 spiro atoms. The predicted octanol–water partition coefficient (Wildman–Crippen LogP) is 2.54. The van der Waals surface area contributed by atoms with Crippen LogP contribution in [0.25, 0.3) is 0 Å². The van der Waals surface area contributed by atoms with Gasteiger partial charge in [0.2, 0.25) is 0 Å². The fraction of sp³-hybridized carbons (Fsp3) is 0.571. The lowest BCUT2D eigenvalue weighted by Gasteiger charge is -2.35. The van der Waals surface area contributed by atoms with Crippen molar-refractivity contribution in [3.05, 3.63) is 28.2 Å². The monoisotopic (exact) mass is 313 g/mol. The molecule has 100 valence electrons. The van der Waals surface area contributed by atoms with Crippen molar-refractivity contribution < 1.29 is 10.2 Å². The van der Waals surface area contributed by atoms with Crippen molar-refractivity contribution in [1.29, 1.82) is 0 Å². The molecule has 1 atom stereocenters. The van der Waals surface area contributed by atoms with Crippen LogP contribution in [0.15, 0.2) is 22.7 Å². The fourth-order valence-corrected chi connectivity index (χ4v) is 3.28. The van der Waals surface area contributed by atoms with Gasteiger partial charge in [-0.2, -0.15) is 0 Å². The highest BCUT2D eigenvalue weighted by Crippen LogP contribution is 2.31. The van der Waals surface area contributed by atoms with Crippen molar-refractivity contribution in [3.8, 4) is 0 Å². The van der Waals surface area contributed by atoms with E-state index < -0.39 is 0 Å². The number of hydrogen-bond acceptors (Lipinski definition) is 3. The van der Waals surface area contributed by atoms with Gasteiger partial charge in [-0.25, -0.2) is 0 Å². The summed E-state index contributed by atoms with van der Waals surface area (Å²) in [5.74, 6) is 0.591. The summed E-state index contributed by atoms with van der Waals surface area (Å²) >= 11 is 3.58. The number of benzene rings is 1. The Hall–Kier alpha value is -0.580. The Morgan fingerprint density at radius 3 is 2.83 bits per heavy atom. The maximum atomic E-state index is 9.11. The topological polar surface area (TPSA) is 43.7 Å². The van der Waals surface area contributed by atoms with Gasteiger partial charge in [-0.15, -0.1) is 0 Å². The average molecular weight is 314 g/mol. The van der Waals surface area contributed by atoms with E-state index in [0.717, 1.165) is 29.5 Å². The van der Waals surface area contributed by atoms with Crippen LogP contribution in [0.1, 0.15) is 24.8 Å². The van der Waals surface area contributed by atoms with Gasteiger partial charge in [0, 0.05) is 24.2 Å². The van der Waals surface area contributed by atoms with E-state index in [9.17, 15) is 0 Å². The second-order valence-electron chi connectivity index (χ2n) is 4.91. The van der Waals surface area contributed by atoms with Gasteiger partial charge >= 0.3 is 0 Å². The molecule has 1 aliphatic rings. The number of piperidine rings is 1. The molecule has 18 heavy (non-hydrogen) atoms. The second-order valence-corrected chi connectivity index (χ2v) is 5.76. The Morgan fingerprint density at radius 2 is 2.17 bits per heavy atom. The van der Waals surface area contributed by atoms with Crippen molar-refractivity contribution in [3.63, 3.8) is 0 Å². The Bertz CT molecular complexity index is 395. The van der Waals surface area contributed by atoms with Crippen LogP contribution in [0.5, 0.6) is 0 Å². The van der Waals surface area contributed by atoms with Gasteiger partial charge in [0.15, 0.2) is 0 Å². The number of anilines is 1. The van der Waals surface area contributed by atoms with Gasteiger partial charge < -0.3 is 15.1 Å². The molecule has 1 aromatic carbocycles. The molecule has 3 nitrogen and oxygen atoms in total. The predicted molar refractivity (Wildman–Crippen MR) is 76.7 cm³/mol. The molecule has 0 radical (unpaired) electrons. The summed E-state index contributed by atoms with van der Waals surface area (Å²) in [5, 5.41) is 18.2. The molecule has 1 saturated heterocycles. The molecule has 0 saturated carbocycles. The molecular formula is C14H20BrNO2. The lowest BCUT2D eigenvalue weighted by molar-refractivity contribution is 0.244. The molecule has 1 unspecified atom stereocenters. The van der Waals surface area contributed by atoms with Crippen molar-refractivity contribution >= 4 is 21.6 Å². The number of rotatable bonds is 4. The summed E-state index contributed by atoms with van der Waals surface area (Å²) in [4.78, 5) is 2.37. The highest BCUT2D eigenvalue weighted by molar-refractivity contribution is 9.10. The van der Waals surface area contributed by atoms with E-state index in [2.05, 4.69) is 26.9 Å². The number of halogens is 1. The maximum Gasteiger partial charge on any atom is 0.0682 e. The lowest BCUT2D eigenvalue weighted by Crippen LogP contribution is -2.35. The molecule has 2 N–H and O–H groups in total. The van der Waals surface area contributed by atoms with Gasteiger partial charge in [0.05, 0.1) is 12.3 Å². The molecule has 0 amide bonds. The number of hydrogen-bond donors (Lipinski definition) is 2. The zero-order chi connectivity index (χ0) is 13.0.